The molecule has 0 aliphatic heterocycles. The third-order valence-electron chi connectivity index (χ3n) is 3.40. The third-order valence-corrected chi connectivity index (χ3v) is 6.18. The Balaban J connectivity index is 2.20. The molecule has 2 aromatic rings. The number of sulfonamides is 1. The van der Waals surface area contributed by atoms with E-state index in [-0.39, 0.29) is 10.9 Å². The van der Waals surface area contributed by atoms with E-state index in [0.717, 1.165) is 4.88 Å². The molecule has 1 N–H and O–H groups in total. The topological polar surface area (TPSA) is 49.4 Å². The average Bonchev–Trinajstić information content (AvgIpc) is 2.95. The number of rotatable bonds is 6. The van der Waals surface area contributed by atoms with Crippen molar-refractivity contribution in [3.8, 4) is 0 Å². The molecule has 4 nitrogen and oxygen atoms in total. The highest BCUT2D eigenvalue weighted by atomic mass is 35.5. The van der Waals surface area contributed by atoms with Gasteiger partial charge in [-0.15, -0.1) is 11.3 Å². The lowest BCUT2D eigenvalue weighted by atomic mass is 10.2. The summed E-state index contributed by atoms with van der Waals surface area (Å²) in [5.74, 6) is 0. The fourth-order valence-corrected chi connectivity index (χ4v) is 4.61. The highest BCUT2D eigenvalue weighted by Gasteiger charge is 2.21. The molecule has 0 amide bonds. The molecule has 22 heavy (non-hydrogen) atoms. The van der Waals surface area contributed by atoms with Gasteiger partial charge in [0, 0.05) is 16.4 Å². The van der Waals surface area contributed by atoms with Gasteiger partial charge in [-0.05, 0) is 50.2 Å². The lowest BCUT2D eigenvalue weighted by Crippen LogP contribution is -2.34. The first-order valence-electron chi connectivity index (χ1n) is 6.77. The Hall–Kier alpha value is -0.920. The quantitative estimate of drug-likeness (QED) is 0.862. The van der Waals surface area contributed by atoms with Gasteiger partial charge >= 0.3 is 0 Å². The zero-order valence-electron chi connectivity index (χ0n) is 12.7. The van der Waals surface area contributed by atoms with Crippen molar-refractivity contribution < 1.29 is 8.42 Å². The molecule has 0 radical (unpaired) electrons. The number of hydrogen-bond acceptors (Lipinski definition) is 4. The largest absolute Gasteiger partial charge is 0.300 e. The molecule has 7 heteroatoms. The zero-order chi connectivity index (χ0) is 16.3. The lowest BCUT2D eigenvalue weighted by Gasteiger charge is -2.23. The first-order valence-corrected chi connectivity index (χ1v) is 9.51. The summed E-state index contributed by atoms with van der Waals surface area (Å²) >= 11 is 7.53. The van der Waals surface area contributed by atoms with E-state index >= 15 is 0 Å². The summed E-state index contributed by atoms with van der Waals surface area (Å²) in [6, 6.07) is 8.84. The van der Waals surface area contributed by atoms with E-state index in [1.54, 1.807) is 30.4 Å². The van der Waals surface area contributed by atoms with Crippen molar-refractivity contribution >= 4 is 33.0 Å². The molecule has 0 bridgehead atoms. The van der Waals surface area contributed by atoms with Crippen molar-refractivity contribution in [3.05, 3.63) is 51.2 Å². The molecule has 1 aromatic carbocycles. The molecule has 120 valence electrons. The molecule has 0 fully saturated rings. The Labute approximate surface area is 140 Å². The lowest BCUT2D eigenvalue weighted by molar-refractivity contribution is 0.303. The van der Waals surface area contributed by atoms with Crippen molar-refractivity contribution in [2.45, 2.75) is 17.9 Å². The first kappa shape index (κ1) is 17.4. The van der Waals surface area contributed by atoms with Gasteiger partial charge in [0.05, 0.1) is 10.9 Å². The maximum absolute atomic E-state index is 12.5. The van der Waals surface area contributed by atoms with Gasteiger partial charge in [-0.2, -0.15) is 0 Å². The highest BCUT2D eigenvalue weighted by molar-refractivity contribution is 7.89. The molecule has 1 atom stereocenters. The van der Waals surface area contributed by atoms with Crippen LogP contribution in [0.3, 0.4) is 0 Å². The number of halogens is 1. The number of thiophene rings is 1. The fraction of sp³-hybridized carbons (Fsp3) is 0.333. The van der Waals surface area contributed by atoms with Crippen LogP contribution < -0.4 is 4.72 Å². The molecule has 0 unspecified atom stereocenters. The molecular weight excluding hydrogens is 340 g/mol. The van der Waals surface area contributed by atoms with Crippen LogP contribution >= 0.6 is 22.9 Å². The maximum Gasteiger partial charge on any atom is 0.240 e. The number of nitrogens with zero attached hydrogens (tertiary/aromatic N) is 1. The summed E-state index contributed by atoms with van der Waals surface area (Å²) in [6.45, 7) is 2.06. The van der Waals surface area contributed by atoms with Crippen LogP contribution in [0, 0.1) is 6.92 Å². The second kappa shape index (κ2) is 7.10. The van der Waals surface area contributed by atoms with Crippen molar-refractivity contribution in [2.24, 2.45) is 0 Å². The summed E-state index contributed by atoms with van der Waals surface area (Å²) in [5, 5.41) is 2.40. The van der Waals surface area contributed by atoms with Gasteiger partial charge < -0.3 is 4.90 Å². The van der Waals surface area contributed by atoms with E-state index in [1.165, 1.54) is 6.07 Å². The minimum Gasteiger partial charge on any atom is -0.300 e. The summed E-state index contributed by atoms with van der Waals surface area (Å²) < 4.78 is 27.7. The molecule has 2 rings (SSSR count). The summed E-state index contributed by atoms with van der Waals surface area (Å²) in [4.78, 5) is 3.35. The minimum atomic E-state index is -3.59. The predicted molar refractivity (Wildman–Crippen MR) is 92.1 cm³/mol. The van der Waals surface area contributed by atoms with Gasteiger partial charge in [-0.1, -0.05) is 23.7 Å². The zero-order valence-corrected chi connectivity index (χ0v) is 15.1. The predicted octanol–water partition coefficient (Wildman–Crippen LogP) is 3.29. The van der Waals surface area contributed by atoms with Crippen LogP contribution in [0.1, 0.15) is 16.5 Å². The van der Waals surface area contributed by atoms with Crippen molar-refractivity contribution in [1.29, 1.82) is 0 Å². The first-order chi connectivity index (χ1) is 10.3. The molecule has 0 saturated carbocycles. The number of hydrogen-bond donors (Lipinski definition) is 1. The van der Waals surface area contributed by atoms with E-state index in [0.29, 0.717) is 17.1 Å². The van der Waals surface area contributed by atoms with Crippen molar-refractivity contribution in [1.82, 2.24) is 9.62 Å². The van der Waals surface area contributed by atoms with Crippen LogP contribution in [0.25, 0.3) is 0 Å². The van der Waals surface area contributed by atoms with Crippen molar-refractivity contribution in [2.75, 3.05) is 20.6 Å². The monoisotopic (exact) mass is 358 g/mol. The van der Waals surface area contributed by atoms with Crippen LogP contribution in [0.5, 0.6) is 0 Å². The Kier molecular flexibility index (Phi) is 5.63. The Morgan fingerprint density at radius 3 is 2.64 bits per heavy atom. The van der Waals surface area contributed by atoms with E-state index < -0.39 is 10.0 Å². The van der Waals surface area contributed by atoms with Gasteiger partial charge in [-0.3, -0.25) is 0 Å². The van der Waals surface area contributed by atoms with Crippen LogP contribution in [0.15, 0.2) is 40.6 Å². The van der Waals surface area contributed by atoms with Crippen LogP contribution in [0.2, 0.25) is 5.02 Å². The normalized spacial score (nSPS) is 13.5. The number of benzene rings is 1. The second-order valence-electron chi connectivity index (χ2n) is 5.26. The number of nitrogens with one attached hydrogen (secondary N) is 1. The molecule has 0 spiro atoms. The highest BCUT2D eigenvalue weighted by Crippen LogP contribution is 2.24. The van der Waals surface area contributed by atoms with Crippen LogP contribution in [-0.2, 0) is 10.0 Å². The third kappa shape index (κ3) is 4.08. The number of aryl methyl sites for hydroxylation is 1. The molecule has 1 heterocycles. The molecule has 0 aliphatic carbocycles. The smallest absolute Gasteiger partial charge is 0.240 e. The average molecular weight is 359 g/mol. The van der Waals surface area contributed by atoms with Crippen LogP contribution in [-0.4, -0.2) is 34.0 Å². The Morgan fingerprint density at radius 2 is 2.05 bits per heavy atom. The van der Waals surface area contributed by atoms with Gasteiger partial charge in [0.15, 0.2) is 0 Å². The molecule has 1 aromatic heterocycles. The van der Waals surface area contributed by atoms with Crippen molar-refractivity contribution in [3.63, 3.8) is 0 Å². The van der Waals surface area contributed by atoms with E-state index in [1.807, 2.05) is 36.5 Å². The summed E-state index contributed by atoms with van der Waals surface area (Å²) in [7, 11) is 0.278. The van der Waals surface area contributed by atoms with E-state index in [9.17, 15) is 8.42 Å². The van der Waals surface area contributed by atoms with Gasteiger partial charge in [-0.25, -0.2) is 13.1 Å². The summed E-state index contributed by atoms with van der Waals surface area (Å²) in [6.07, 6.45) is 0. The number of likely N-dealkylation sites (N-methyl/N-ethyl adjacent to an activating group) is 1. The van der Waals surface area contributed by atoms with Gasteiger partial charge in [0.25, 0.3) is 0 Å². The standard InChI is InChI=1S/C15H19ClN2O2S2/c1-11-6-7-12(16)9-15(11)22(19,20)17-10-13(18(2)3)14-5-4-8-21-14/h4-9,13,17H,10H2,1-3H3/t13-/m0/s1. The molecule has 0 aliphatic rings. The molecule has 0 saturated heterocycles. The Morgan fingerprint density at radius 1 is 1.32 bits per heavy atom. The van der Waals surface area contributed by atoms with E-state index in [2.05, 4.69) is 4.72 Å². The van der Waals surface area contributed by atoms with Gasteiger partial charge in [0.2, 0.25) is 10.0 Å². The van der Waals surface area contributed by atoms with E-state index in [4.69, 9.17) is 11.6 Å². The SMILES string of the molecule is Cc1ccc(Cl)cc1S(=O)(=O)NC[C@@H](c1cccs1)N(C)C. The Bertz CT molecular complexity index is 728. The molecular formula is C15H19ClN2O2S2. The van der Waals surface area contributed by atoms with Gasteiger partial charge in [0.1, 0.15) is 0 Å². The second-order valence-corrected chi connectivity index (χ2v) is 8.41. The van der Waals surface area contributed by atoms with Crippen LogP contribution in [0.4, 0.5) is 0 Å². The maximum atomic E-state index is 12.5. The minimum absolute atomic E-state index is 0.00531. The fourth-order valence-electron chi connectivity index (χ4n) is 2.15. The summed E-state index contributed by atoms with van der Waals surface area (Å²) in [5.41, 5.74) is 0.675.